The molecule has 1 unspecified atom stereocenters. The van der Waals surface area contributed by atoms with Gasteiger partial charge in [-0.05, 0) is 31.2 Å². The molecule has 0 saturated heterocycles. The number of nitrogens with zero attached hydrogens (tertiary/aromatic N) is 2. The molecular weight excluding hydrogens is 234 g/mol. The molecule has 17 heavy (non-hydrogen) atoms. The van der Waals surface area contributed by atoms with Gasteiger partial charge in [0.05, 0.1) is 6.04 Å². The van der Waals surface area contributed by atoms with E-state index in [9.17, 15) is 0 Å². The summed E-state index contributed by atoms with van der Waals surface area (Å²) in [5, 5.41) is 4.04. The van der Waals surface area contributed by atoms with Crippen LogP contribution in [0.25, 0.3) is 0 Å². The Kier molecular flexibility index (Phi) is 3.71. The number of nitrogens with one attached hydrogen (secondary N) is 1. The molecule has 2 aromatic rings. The Morgan fingerprint density at radius 3 is 2.59 bits per heavy atom. The molecule has 3 nitrogen and oxygen atoms in total. The van der Waals surface area contributed by atoms with Gasteiger partial charge in [0.2, 0.25) is 0 Å². The van der Waals surface area contributed by atoms with Crippen LogP contribution in [-0.2, 0) is 0 Å². The molecule has 1 aromatic carbocycles. The van der Waals surface area contributed by atoms with E-state index >= 15 is 0 Å². The Balaban J connectivity index is 2.46. The summed E-state index contributed by atoms with van der Waals surface area (Å²) in [6, 6.07) is 5.98. The summed E-state index contributed by atoms with van der Waals surface area (Å²) in [4.78, 5) is 8.09. The van der Waals surface area contributed by atoms with E-state index in [0.29, 0.717) is 0 Å². The molecular formula is C13H14ClN3. The molecule has 0 saturated carbocycles. The number of halogens is 1. The van der Waals surface area contributed by atoms with Crippen LogP contribution >= 0.6 is 11.6 Å². The highest BCUT2D eigenvalue weighted by Crippen LogP contribution is 2.27. The van der Waals surface area contributed by atoms with Crippen LogP contribution in [0.5, 0.6) is 0 Å². The molecule has 1 N–H and O–H groups in total. The number of rotatable bonds is 3. The molecule has 0 bridgehead atoms. The zero-order chi connectivity index (χ0) is 12.3. The second kappa shape index (κ2) is 5.25. The van der Waals surface area contributed by atoms with Crippen molar-refractivity contribution in [3.05, 3.63) is 58.6 Å². The lowest BCUT2D eigenvalue weighted by atomic mass is 9.97. The molecule has 88 valence electrons. The molecule has 0 spiro atoms. The summed E-state index contributed by atoms with van der Waals surface area (Å²) in [7, 11) is 1.91. The van der Waals surface area contributed by atoms with E-state index in [1.165, 1.54) is 6.33 Å². The van der Waals surface area contributed by atoms with E-state index in [-0.39, 0.29) is 6.04 Å². The van der Waals surface area contributed by atoms with Crippen LogP contribution in [0.4, 0.5) is 0 Å². The van der Waals surface area contributed by atoms with Gasteiger partial charge < -0.3 is 5.32 Å². The second-order valence-electron chi connectivity index (χ2n) is 3.85. The van der Waals surface area contributed by atoms with Crippen molar-refractivity contribution in [2.45, 2.75) is 13.0 Å². The first kappa shape index (κ1) is 12.0. The summed E-state index contributed by atoms with van der Waals surface area (Å²) in [6.45, 7) is 2.02. The maximum absolute atomic E-state index is 6.14. The minimum absolute atomic E-state index is 0.0647. The van der Waals surface area contributed by atoms with Gasteiger partial charge in [-0.15, -0.1) is 0 Å². The van der Waals surface area contributed by atoms with Crippen molar-refractivity contribution >= 4 is 11.6 Å². The van der Waals surface area contributed by atoms with Gasteiger partial charge in [-0.1, -0.05) is 23.7 Å². The molecule has 0 aliphatic rings. The van der Waals surface area contributed by atoms with E-state index in [0.717, 1.165) is 21.7 Å². The molecule has 0 fully saturated rings. The Morgan fingerprint density at radius 2 is 1.94 bits per heavy atom. The zero-order valence-electron chi connectivity index (χ0n) is 9.81. The van der Waals surface area contributed by atoms with Crippen LogP contribution in [0.15, 0.2) is 36.9 Å². The van der Waals surface area contributed by atoms with Gasteiger partial charge in [0, 0.05) is 23.0 Å². The molecule has 1 heterocycles. The van der Waals surface area contributed by atoms with Crippen LogP contribution in [0.1, 0.15) is 22.7 Å². The fraction of sp³-hybridized carbons (Fsp3) is 0.231. The monoisotopic (exact) mass is 247 g/mol. The predicted molar refractivity (Wildman–Crippen MR) is 69.1 cm³/mol. The van der Waals surface area contributed by atoms with Crippen LogP contribution in [-0.4, -0.2) is 17.0 Å². The van der Waals surface area contributed by atoms with Crippen LogP contribution in [0.3, 0.4) is 0 Å². The van der Waals surface area contributed by atoms with Crippen molar-refractivity contribution in [2.75, 3.05) is 7.05 Å². The van der Waals surface area contributed by atoms with Crippen molar-refractivity contribution in [3.8, 4) is 0 Å². The van der Waals surface area contributed by atoms with E-state index in [2.05, 4.69) is 21.4 Å². The summed E-state index contributed by atoms with van der Waals surface area (Å²) < 4.78 is 0. The normalized spacial score (nSPS) is 12.4. The molecule has 0 radical (unpaired) electrons. The highest BCUT2D eigenvalue weighted by Gasteiger charge is 2.15. The Bertz CT molecular complexity index is 499. The van der Waals surface area contributed by atoms with Crippen molar-refractivity contribution in [2.24, 2.45) is 0 Å². The number of benzene rings is 1. The highest BCUT2D eigenvalue weighted by molar-refractivity contribution is 6.31. The third-order valence-electron chi connectivity index (χ3n) is 2.82. The minimum atomic E-state index is 0.0647. The number of hydrogen-bond acceptors (Lipinski definition) is 3. The van der Waals surface area contributed by atoms with Gasteiger partial charge in [-0.3, -0.25) is 0 Å². The standard InChI is InChI=1S/C13H14ClN3/c1-9-11(4-3-5-12(9)14)13(15-2)10-6-16-8-17-7-10/h3-8,13,15H,1-2H3. The predicted octanol–water partition coefficient (Wildman–Crippen LogP) is 2.75. The summed E-state index contributed by atoms with van der Waals surface area (Å²) in [5.41, 5.74) is 3.26. The molecule has 0 aliphatic heterocycles. The van der Waals surface area contributed by atoms with Gasteiger partial charge in [0.15, 0.2) is 0 Å². The Labute approximate surface area is 106 Å². The van der Waals surface area contributed by atoms with Crippen molar-refractivity contribution < 1.29 is 0 Å². The van der Waals surface area contributed by atoms with E-state index in [4.69, 9.17) is 11.6 Å². The van der Waals surface area contributed by atoms with Crippen LogP contribution < -0.4 is 5.32 Å². The third kappa shape index (κ3) is 2.46. The lowest BCUT2D eigenvalue weighted by molar-refractivity contribution is 0.680. The summed E-state index contributed by atoms with van der Waals surface area (Å²) in [5.74, 6) is 0. The maximum atomic E-state index is 6.14. The SMILES string of the molecule is CNC(c1cncnc1)c1cccc(Cl)c1C. The molecule has 1 aromatic heterocycles. The Morgan fingerprint density at radius 1 is 1.24 bits per heavy atom. The number of aromatic nitrogens is 2. The molecule has 0 amide bonds. The fourth-order valence-corrected chi connectivity index (χ4v) is 2.08. The lowest BCUT2D eigenvalue weighted by Gasteiger charge is -2.19. The minimum Gasteiger partial charge on any atom is -0.309 e. The largest absolute Gasteiger partial charge is 0.309 e. The molecule has 1 atom stereocenters. The van der Waals surface area contributed by atoms with Crippen LogP contribution in [0, 0.1) is 6.92 Å². The Hall–Kier alpha value is -1.45. The first-order valence-electron chi connectivity index (χ1n) is 5.41. The lowest BCUT2D eigenvalue weighted by Crippen LogP contribution is -2.19. The molecule has 2 rings (SSSR count). The fourth-order valence-electron chi connectivity index (χ4n) is 1.90. The van der Waals surface area contributed by atoms with Gasteiger partial charge >= 0.3 is 0 Å². The van der Waals surface area contributed by atoms with Crippen LogP contribution in [0.2, 0.25) is 5.02 Å². The molecule has 0 aliphatic carbocycles. The average Bonchev–Trinajstić information content (AvgIpc) is 2.37. The maximum Gasteiger partial charge on any atom is 0.115 e. The zero-order valence-corrected chi connectivity index (χ0v) is 10.6. The van der Waals surface area contributed by atoms with Gasteiger partial charge in [-0.25, -0.2) is 9.97 Å². The van der Waals surface area contributed by atoms with Crippen molar-refractivity contribution in [1.82, 2.24) is 15.3 Å². The average molecular weight is 248 g/mol. The van der Waals surface area contributed by atoms with E-state index in [1.807, 2.05) is 38.5 Å². The second-order valence-corrected chi connectivity index (χ2v) is 4.25. The van der Waals surface area contributed by atoms with Crippen molar-refractivity contribution in [1.29, 1.82) is 0 Å². The first-order valence-corrected chi connectivity index (χ1v) is 5.79. The van der Waals surface area contributed by atoms with Gasteiger partial charge in [0.25, 0.3) is 0 Å². The smallest absolute Gasteiger partial charge is 0.115 e. The van der Waals surface area contributed by atoms with E-state index < -0.39 is 0 Å². The summed E-state index contributed by atoms with van der Waals surface area (Å²) >= 11 is 6.14. The highest BCUT2D eigenvalue weighted by atomic mass is 35.5. The summed E-state index contributed by atoms with van der Waals surface area (Å²) in [6.07, 6.45) is 5.16. The van der Waals surface area contributed by atoms with Crippen molar-refractivity contribution in [3.63, 3.8) is 0 Å². The molecule has 4 heteroatoms. The van der Waals surface area contributed by atoms with E-state index in [1.54, 1.807) is 0 Å². The number of hydrogen-bond donors (Lipinski definition) is 1. The van der Waals surface area contributed by atoms with Gasteiger partial charge in [-0.2, -0.15) is 0 Å². The first-order chi connectivity index (χ1) is 8.24. The topological polar surface area (TPSA) is 37.8 Å². The third-order valence-corrected chi connectivity index (χ3v) is 3.23. The quantitative estimate of drug-likeness (QED) is 0.906. The van der Waals surface area contributed by atoms with Gasteiger partial charge in [0.1, 0.15) is 6.33 Å².